The Morgan fingerprint density at radius 1 is 1.67 bits per heavy atom. The summed E-state index contributed by atoms with van der Waals surface area (Å²) in [6.45, 7) is 2.49. The van der Waals surface area contributed by atoms with E-state index in [0.29, 0.717) is 13.0 Å². The van der Waals surface area contributed by atoms with E-state index >= 15 is 0 Å². The molecule has 0 unspecified atom stereocenters. The maximum atomic E-state index is 11.7. The van der Waals surface area contributed by atoms with E-state index in [1.165, 1.54) is 4.68 Å². The fourth-order valence-electron chi connectivity index (χ4n) is 1.80. The predicted molar refractivity (Wildman–Crippen MR) is 61.5 cm³/mol. The molecule has 1 aromatic rings. The van der Waals surface area contributed by atoms with Crippen molar-refractivity contribution in [2.24, 2.45) is 0 Å². The first-order chi connectivity index (χ1) is 8.69. The first kappa shape index (κ1) is 12.5. The summed E-state index contributed by atoms with van der Waals surface area (Å²) in [6.07, 6.45) is 4.11. The van der Waals surface area contributed by atoms with E-state index in [-0.39, 0.29) is 18.4 Å². The number of nitrogens with one attached hydrogen (secondary N) is 1. The van der Waals surface area contributed by atoms with E-state index < -0.39 is 6.04 Å². The molecule has 1 aliphatic rings. The third-order valence-electron chi connectivity index (χ3n) is 2.67. The average molecular weight is 252 g/mol. The van der Waals surface area contributed by atoms with Gasteiger partial charge < -0.3 is 10.1 Å². The van der Waals surface area contributed by atoms with Crippen molar-refractivity contribution >= 4 is 11.9 Å². The van der Waals surface area contributed by atoms with Gasteiger partial charge in [0.2, 0.25) is 5.91 Å². The van der Waals surface area contributed by atoms with Crippen molar-refractivity contribution < 1.29 is 14.3 Å². The van der Waals surface area contributed by atoms with Gasteiger partial charge in [-0.15, -0.1) is 5.10 Å². The van der Waals surface area contributed by atoms with Crippen molar-refractivity contribution in [3.8, 4) is 0 Å². The van der Waals surface area contributed by atoms with Gasteiger partial charge in [-0.25, -0.2) is 9.48 Å². The number of aromatic nitrogens is 3. The molecule has 1 aromatic heterocycles. The Balaban J connectivity index is 1.84. The van der Waals surface area contributed by atoms with Crippen molar-refractivity contribution in [2.75, 3.05) is 6.61 Å². The number of carbonyl (C=O) groups is 2. The molecule has 0 aliphatic carbocycles. The van der Waals surface area contributed by atoms with Crippen LogP contribution in [0, 0.1) is 0 Å². The predicted octanol–water partition coefficient (Wildman–Crippen LogP) is -0.338. The summed E-state index contributed by atoms with van der Waals surface area (Å²) in [4.78, 5) is 22.9. The fraction of sp³-hybridized carbons (Fsp3) is 0.636. The van der Waals surface area contributed by atoms with Crippen LogP contribution in [-0.2, 0) is 27.3 Å². The van der Waals surface area contributed by atoms with Crippen molar-refractivity contribution in [1.29, 1.82) is 0 Å². The van der Waals surface area contributed by atoms with E-state index in [2.05, 4.69) is 22.6 Å². The zero-order valence-corrected chi connectivity index (χ0v) is 10.3. The van der Waals surface area contributed by atoms with Gasteiger partial charge >= 0.3 is 5.97 Å². The molecule has 0 saturated carbocycles. The second-order valence-electron chi connectivity index (χ2n) is 4.23. The summed E-state index contributed by atoms with van der Waals surface area (Å²) < 4.78 is 6.24. The van der Waals surface area contributed by atoms with Gasteiger partial charge in [0, 0.05) is 12.6 Å². The molecule has 1 aliphatic heterocycles. The number of esters is 1. The molecule has 0 bridgehead atoms. The number of ether oxygens (including phenoxy) is 1. The van der Waals surface area contributed by atoms with Gasteiger partial charge in [0.25, 0.3) is 0 Å². The minimum atomic E-state index is -0.517. The third kappa shape index (κ3) is 3.06. The highest BCUT2D eigenvalue weighted by atomic mass is 16.5. The van der Waals surface area contributed by atoms with E-state index in [0.717, 1.165) is 18.5 Å². The summed E-state index contributed by atoms with van der Waals surface area (Å²) in [5.41, 5.74) is 0.866. The Bertz CT molecular complexity index is 443. The fourth-order valence-corrected chi connectivity index (χ4v) is 1.80. The molecule has 0 aromatic carbocycles. The number of hydrogen-bond donors (Lipinski definition) is 1. The molecule has 0 radical (unpaired) electrons. The second kappa shape index (κ2) is 5.61. The average Bonchev–Trinajstić information content (AvgIpc) is 2.90. The number of cyclic esters (lactones) is 1. The van der Waals surface area contributed by atoms with Crippen LogP contribution >= 0.6 is 0 Å². The van der Waals surface area contributed by atoms with Gasteiger partial charge in [-0.05, 0) is 6.42 Å². The zero-order valence-electron chi connectivity index (χ0n) is 10.3. The van der Waals surface area contributed by atoms with Gasteiger partial charge in [0.15, 0.2) is 0 Å². The maximum absolute atomic E-state index is 11.7. The van der Waals surface area contributed by atoms with Gasteiger partial charge in [-0.3, -0.25) is 4.79 Å². The molecular weight excluding hydrogens is 236 g/mol. The number of aryl methyl sites for hydroxylation is 1. The van der Waals surface area contributed by atoms with Crippen LogP contribution in [0.25, 0.3) is 0 Å². The Morgan fingerprint density at radius 2 is 2.50 bits per heavy atom. The minimum absolute atomic E-state index is 0.0699. The number of hydrogen-bond acceptors (Lipinski definition) is 5. The smallest absolute Gasteiger partial charge is 0.328 e. The van der Waals surface area contributed by atoms with Crippen LogP contribution < -0.4 is 5.32 Å². The second-order valence-corrected chi connectivity index (χ2v) is 4.23. The molecule has 0 spiro atoms. The zero-order chi connectivity index (χ0) is 13.0. The Hall–Kier alpha value is -1.92. The van der Waals surface area contributed by atoms with Crippen LogP contribution in [-0.4, -0.2) is 39.5 Å². The van der Waals surface area contributed by atoms with Gasteiger partial charge in [-0.2, -0.15) is 0 Å². The largest absolute Gasteiger partial charge is 0.464 e. The van der Waals surface area contributed by atoms with Gasteiger partial charge in [0.1, 0.15) is 12.6 Å². The van der Waals surface area contributed by atoms with Crippen molar-refractivity contribution in [3.63, 3.8) is 0 Å². The minimum Gasteiger partial charge on any atom is -0.464 e. The van der Waals surface area contributed by atoms with E-state index in [1.54, 1.807) is 6.20 Å². The Labute approximate surface area is 104 Å². The molecule has 2 heterocycles. The van der Waals surface area contributed by atoms with Crippen molar-refractivity contribution in [1.82, 2.24) is 20.3 Å². The Kier molecular flexibility index (Phi) is 3.91. The highest BCUT2D eigenvalue weighted by molar-refractivity contribution is 5.85. The molecule has 7 nitrogen and oxygen atoms in total. The summed E-state index contributed by atoms with van der Waals surface area (Å²) in [5.74, 6) is -0.625. The van der Waals surface area contributed by atoms with Crippen LogP contribution in [0.5, 0.6) is 0 Å². The van der Waals surface area contributed by atoms with E-state index in [9.17, 15) is 9.59 Å². The molecule has 98 valence electrons. The van der Waals surface area contributed by atoms with Gasteiger partial charge in [0.05, 0.1) is 12.3 Å². The molecule has 7 heteroatoms. The standard InChI is InChI=1S/C11H16N4O3/c1-2-3-8-6-15(14-13-8)7-10(16)12-9-4-5-18-11(9)17/h6,9H,2-5,7H2,1H3,(H,12,16)/t9-/m0/s1. The molecule has 1 N–H and O–H groups in total. The normalized spacial score (nSPS) is 18.7. The summed E-state index contributed by atoms with van der Waals surface area (Å²) in [7, 11) is 0. The topological polar surface area (TPSA) is 86.1 Å². The number of amides is 1. The maximum Gasteiger partial charge on any atom is 0.328 e. The lowest BCUT2D eigenvalue weighted by Crippen LogP contribution is -2.39. The quantitative estimate of drug-likeness (QED) is 0.725. The number of carbonyl (C=O) groups excluding carboxylic acids is 2. The third-order valence-corrected chi connectivity index (χ3v) is 2.67. The summed E-state index contributed by atoms with van der Waals surface area (Å²) in [5, 5.41) is 10.4. The van der Waals surface area contributed by atoms with Crippen LogP contribution in [0.4, 0.5) is 0 Å². The summed E-state index contributed by atoms with van der Waals surface area (Å²) in [6, 6.07) is -0.517. The molecule has 18 heavy (non-hydrogen) atoms. The lowest BCUT2D eigenvalue weighted by molar-refractivity contribution is -0.141. The van der Waals surface area contributed by atoms with Crippen molar-refractivity contribution in [2.45, 2.75) is 38.8 Å². The SMILES string of the molecule is CCCc1cn(CC(=O)N[C@H]2CCOC2=O)nn1. The first-order valence-electron chi connectivity index (χ1n) is 6.04. The molecular formula is C11H16N4O3. The molecule has 1 atom stereocenters. The monoisotopic (exact) mass is 252 g/mol. The van der Waals surface area contributed by atoms with Crippen LogP contribution in [0.2, 0.25) is 0 Å². The van der Waals surface area contributed by atoms with Crippen LogP contribution in [0.1, 0.15) is 25.5 Å². The molecule has 2 rings (SSSR count). The van der Waals surface area contributed by atoms with Gasteiger partial charge in [-0.1, -0.05) is 18.6 Å². The summed E-state index contributed by atoms with van der Waals surface area (Å²) >= 11 is 0. The Morgan fingerprint density at radius 3 is 3.17 bits per heavy atom. The van der Waals surface area contributed by atoms with E-state index in [4.69, 9.17) is 4.74 Å². The number of rotatable bonds is 5. The first-order valence-corrected chi connectivity index (χ1v) is 6.04. The number of nitrogens with zero attached hydrogens (tertiary/aromatic N) is 3. The van der Waals surface area contributed by atoms with Crippen molar-refractivity contribution in [3.05, 3.63) is 11.9 Å². The van der Waals surface area contributed by atoms with Crippen LogP contribution in [0.15, 0.2) is 6.20 Å². The van der Waals surface area contributed by atoms with E-state index in [1.807, 2.05) is 0 Å². The highest BCUT2D eigenvalue weighted by Crippen LogP contribution is 2.05. The molecule has 1 saturated heterocycles. The highest BCUT2D eigenvalue weighted by Gasteiger charge is 2.27. The lowest BCUT2D eigenvalue weighted by Gasteiger charge is -2.08. The van der Waals surface area contributed by atoms with Crippen LogP contribution in [0.3, 0.4) is 0 Å². The lowest BCUT2D eigenvalue weighted by atomic mass is 10.2. The molecule has 1 amide bonds. The molecule has 1 fully saturated rings.